The molecule has 33 heavy (non-hydrogen) atoms. The number of fused-ring (bicyclic) bond motifs is 1. The first-order chi connectivity index (χ1) is 15.6. The summed E-state index contributed by atoms with van der Waals surface area (Å²) in [6.07, 6.45) is 0.973. The zero-order chi connectivity index (χ0) is 24.2. The molecule has 0 radical (unpaired) electrons. The Morgan fingerprint density at radius 2 is 1.64 bits per heavy atom. The van der Waals surface area contributed by atoms with Crippen LogP contribution in [0.1, 0.15) is 36.6 Å². The number of hydrogen-bond acceptors (Lipinski definition) is 5. The summed E-state index contributed by atoms with van der Waals surface area (Å²) in [6, 6.07) is 14.3. The molecule has 0 fully saturated rings. The van der Waals surface area contributed by atoms with E-state index in [0.29, 0.717) is 12.1 Å². The molecule has 2 aromatic carbocycles. The summed E-state index contributed by atoms with van der Waals surface area (Å²) in [7, 11) is -0.583. The molecule has 0 aromatic heterocycles. The lowest BCUT2D eigenvalue weighted by atomic mass is 9.99. The number of carbonyl (C=O) groups is 2. The first-order valence-electron chi connectivity index (χ1n) is 11.0. The second-order valence-corrected chi connectivity index (χ2v) is 10.8. The SMILES string of the molecule is CC(NC(=O)C(=O)NCC(C)N1CCc2ccccc2C1)c1ccc(S(=O)(=O)N(C)C)cc1. The van der Waals surface area contributed by atoms with Gasteiger partial charge in [-0.1, -0.05) is 36.4 Å². The molecule has 2 amide bonds. The normalized spacial score (nSPS) is 16.0. The van der Waals surface area contributed by atoms with Gasteiger partial charge in [-0.15, -0.1) is 0 Å². The first kappa shape index (κ1) is 24.9. The van der Waals surface area contributed by atoms with Crippen molar-refractivity contribution >= 4 is 21.8 Å². The summed E-state index contributed by atoms with van der Waals surface area (Å²) in [5.41, 5.74) is 3.37. The number of rotatable bonds is 7. The van der Waals surface area contributed by atoms with E-state index in [2.05, 4.69) is 33.7 Å². The van der Waals surface area contributed by atoms with Crippen LogP contribution in [0.4, 0.5) is 0 Å². The summed E-state index contributed by atoms with van der Waals surface area (Å²) in [5, 5.41) is 5.39. The van der Waals surface area contributed by atoms with E-state index in [9.17, 15) is 18.0 Å². The number of hydrogen-bond donors (Lipinski definition) is 2. The highest BCUT2D eigenvalue weighted by Crippen LogP contribution is 2.20. The molecule has 1 aliphatic heterocycles. The van der Waals surface area contributed by atoms with Crippen molar-refractivity contribution in [1.29, 1.82) is 0 Å². The number of sulfonamides is 1. The summed E-state index contributed by atoms with van der Waals surface area (Å²) in [6.45, 7) is 5.90. The Hall–Kier alpha value is -2.75. The van der Waals surface area contributed by atoms with Gasteiger partial charge in [0.15, 0.2) is 0 Å². The van der Waals surface area contributed by atoms with Gasteiger partial charge in [-0.3, -0.25) is 14.5 Å². The number of nitrogens with zero attached hydrogens (tertiary/aromatic N) is 2. The van der Waals surface area contributed by atoms with Crippen molar-refractivity contribution in [3.05, 3.63) is 65.2 Å². The maximum absolute atomic E-state index is 12.4. The maximum Gasteiger partial charge on any atom is 0.309 e. The Morgan fingerprint density at radius 3 is 2.27 bits per heavy atom. The van der Waals surface area contributed by atoms with Gasteiger partial charge in [-0.2, -0.15) is 0 Å². The fourth-order valence-electron chi connectivity index (χ4n) is 3.83. The fourth-order valence-corrected chi connectivity index (χ4v) is 4.73. The number of carbonyl (C=O) groups excluding carboxylic acids is 2. The van der Waals surface area contributed by atoms with Crippen molar-refractivity contribution in [2.75, 3.05) is 27.2 Å². The van der Waals surface area contributed by atoms with Crippen molar-refractivity contribution in [2.45, 2.75) is 43.8 Å². The van der Waals surface area contributed by atoms with Gasteiger partial charge in [-0.05, 0) is 49.1 Å². The Labute approximate surface area is 196 Å². The van der Waals surface area contributed by atoms with Gasteiger partial charge in [0.2, 0.25) is 10.0 Å². The predicted molar refractivity (Wildman–Crippen MR) is 127 cm³/mol. The minimum absolute atomic E-state index is 0.0960. The van der Waals surface area contributed by atoms with Crippen LogP contribution in [0.3, 0.4) is 0 Å². The first-order valence-corrected chi connectivity index (χ1v) is 12.5. The molecular formula is C24H32N4O4S. The van der Waals surface area contributed by atoms with Crippen LogP contribution in [0, 0.1) is 0 Å². The molecule has 8 nitrogen and oxygen atoms in total. The van der Waals surface area contributed by atoms with Gasteiger partial charge >= 0.3 is 11.8 Å². The molecule has 0 spiro atoms. The van der Waals surface area contributed by atoms with Crippen LogP contribution in [-0.2, 0) is 32.6 Å². The van der Waals surface area contributed by atoms with Crippen LogP contribution in [0.2, 0.25) is 0 Å². The van der Waals surface area contributed by atoms with Crippen molar-refractivity contribution < 1.29 is 18.0 Å². The highest BCUT2D eigenvalue weighted by atomic mass is 32.2. The Kier molecular flexibility index (Phi) is 7.88. The highest BCUT2D eigenvalue weighted by Gasteiger charge is 2.23. The zero-order valence-corrected chi connectivity index (χ0v) is 20.4. The lowest BCUT2D eigenvalue weighted by Crippen LogP contribution is -2.47. The van der Waals surface area contributed by atoms with E-state index in [1.165, 1.54) is 37.4 Å². The smallest absolute Gasteiger partial charge is 0.309 e. The summed E-state index contributed by atoms with van der Waals surface area (Å²) >= 11 is 0. The van der Waals surface area contributed by atoms with Crippen LogP contribution in [-0.4, -0.2) is 62.7 Å². The average Bonchev–Trinajstić information content (AvgIpc) is 2.81. The van der Waals surface area contributed by atoms with Crippen LogP contribution >= 0.6 is 0 Å². The average molecular weight is 473 g/mol. The molecule has 3 rings (SSSR count). The topological polar surface area (TPSA) is 98.8 Å². The third-order valence-electron chi connectivity index (χ3n) is 6.05. The lowest BCUT2D eigenvalue weighted by Gasteiger charge is -2.33. The van der Waals surface area contributed by atoms with Gasteiger partial charge in [0.05, 0.1) is 10.9 Å². The molecule has 0 bridgehead atoms. The van der Waals surface area contributed by atoms with E-state index in [0.717, 1.165) is 23.8 Å². The molecular weight excluding hydrogens is 440 g/mol. The monoisotopic (exact) mass is 472 g/mol. The minimum atomic E-state index is -3.52. The van der Waals surface area contributed by atoms with Crippen molar-refractivity contribution in [2.24, 2.45) is 0 Å². The quantitative estimate of drug-likeness (QED) is 0.598. The Morgan fingerprint density at radius 1 is 1.00 bits per heavy atom. The second kappa shape index (κ2) is 10.5. The van der Waals surface area contributed by atoms with E-state index in [1.54, 1.807) is 19.1 Å². The molecule has 0 saturated carbocycles. The molecule has 1 aliphatic rings. The number of benzene rings is 2. The van der Waals surface area contributed by atoms with Crippen LogP contribution in [0.5, 0.6) is 0 Å². The van der Waals surface area contributed by atoms with E-state index < -0.39 is 27.9 Å². The third kappa shape index (κ3) is 5.98. The molecule has 9 heteroatoms. The summed E-state index contributed by atoms with van der Waals surface area (Å²) in [5.74, 6) is -1.40. The third-order valence-corrected chi connectivity index (χ3v) is 7.88. The van der Waals surface area contributed by atoms with Gasteiger partial charge < -0.3 is 10.6 Å². The van der Waals surface area contributed by atoms with Gasteiger partial charge in [0.25, 0.3) is 0 Å². The second-order valence-electron chi connectivity index (χ2n) is 8.60. The van der Waals surface area contributed by atoms with E-state index >= 15 is 0 Å². The standard InChI is InChI=1S/C24H32N4O4S/c1-17(28-14-13-20-7-5-6-8-21(20)16-28)15-25-23(29)24(30)26-18(2)19-9-11-22(12-10-19)33(31,32)27(3)4/h5-12,17-18H,13-16H2,1-4H3,(H,25,29)(H,26,30). The van der Waals surface area contributed by atoms with E-state index in [4.69, 9.17) is 0 Å². The largest absolute Gasteiger partial charge is 0.346 e. The van der Waals surface area contributed by atoms with Crippen molar-refractivity contribution in [3.8, 4) is 0 Å². The van der Waals surface area contributed by atoms with Crippen LogP contribution in [0.15, 0.2) is 53.4 Å². The van der Waals surface area contributed by atoms with E-state index in [1.807, 2.05) is 13.0 Å². The van der Waals surface area contributed by atoms with Crippen LogP contribution < -0.4 is 10.6 Å². The molecule has 0 saturated heterocycles. The Bertz CT molecular complexity index is 1100. The van der Waals surface area contributed by atoms with Crippen LogP contribution in [0.25, 0.3) is 0 Å². The van der Waals surface area contributed by atoms with Crippen molar-refractivity contribution in [1.82, 2.24) is 19.8 Å². The zero-order valence-electron chi connectivity index (χ0n) is 19.5. The Balaban J connectivity index is 1.50. The molecule has 0 aliphatic carbocycles. The van der Waals surface area contributed by atoms with Gasteiger partial charge in [0.1, 0.15) is 0 Å². The predicted octanol–water partition coefficient (Wildman–Crippen LogP) is 1.68. The maximum atomic E-state index is 12.4. The lowest BCUT2D eigenvalue weighted by molar-refractivity contribution is -0.139. The molecule has 178 valence electrons. The van der Waals surface area contributed by atoms with Gasteiger partial charge in [0, 0.05) is 39.8 Å². The molecule has 2 aromatic rings. The fraction of sp³-hybridized carbons (Fsp3) is 0.417. The molecule has 2 unspecified atom stereocenters. The number of nitrogens with one attached hydrogen (secondary N) is 2. The summed E-state index contributed by atoms with van der Waals surface area (Å²) in [4.78, 5) is 27.2. The minimum Gasteiger partial charge on any atom is -0.346 e. The molecule has 2 atom stereocenters. The number of amides is 2. The highest BCUT2D eigenvalue weighted by molar-refractivity contribution is 7.89. The molecule has 2 N–H and O–H groups in total. The molecule has 1 heterocycles. The van der Waals surface area contributed by atoms with Crippen molar-refractivity contribution in [3.63, 3.8) is 0 Å². The van der Waals surface area contributed by atoms with Gasteiger partial charge in [-0.25, -0.2) is 12.7 Å². The summed E-state index contributed by atoms with van der Waals surface area (Å²) < 4.78 is 25.5. The van der Waals surface area contributed by atoms with E-state index in [-0.39, 0.29) is 10.9 Å².